The Labute approximate surface area is 123 Å². The average Bonchev–Trinajstić information content (AvgIpc) is 3.31. The molecule has 0 spiro atoms. The number of aliphatic hydroxyl groups is 1. The van der Waals surface area contributed by atoms with Crippen molar-refractivity contribution < 1.29 is 9.90 Å². The van der Waals surface area contributed by atoms with Crippen molar-refractivity contribution in [3.8, 4) is 0 Å². The number of para-hydroxylation sites is 1. The molecule has 1 aliphatic carbocycles. The summed E-state index contributed by atoms with van der Waals surface area (Å²) in [6.45, 7) is 0.685. The third-order valence-electron chi connectivity index (χ3n) is 4.01. The molecule has 2 aromatic rings. The molecule has 0 aliphatic heterocycles. The van der Waals surface area contributed by atoms with Gasteiger partial charge < -0.3 is 10.4 Å². The smallest absolute Gasteiger partial charge is 0.244 e. The maximum Gasteiger partial charge on any atom is 0.244 e. The van der Waals surface area contributed by atoms with E-state index in [9.17, 15) is 9.90 Å². The van der Waals surface area contributed by atoms with E-state index >= 15 is 0 Å². The second-order valence-corrected chi connectivity index (χ2v) is 5.63. The number of nitrogens with zero attached hydrogens (tertiary/aromatic N) is 1. The zero-order valence-electron chi connectivity index (χ0n) is 11.7. The van der Waals surface area contributed by atoms with Gasteiger partial charge in [-0.25, -0.2) is 0 Å². The van der Waals surface area contributed by atoms with Crippen molar-refractivity contribution in [2.75, 3.05) is 13.2 Å². The topological polar surface area (TPSA) is 62.2 Å². The number of fused-ring (bicyclic) bond motifs is 1. The predicted molar refractivity (Wildman–Crippen MR) is 82.5 cm³/mol. The number of aromatic nitrogens is 1. The zero-order chi connectivity index (χ0) is 14.7. The highest BCUT2D eigenvalue weighted by Crippen LogP contribution is 2.44. The van der Waals surface area contributed by atoms with Crippen LogP contribution in [-0.4, -0.2) is 29.1 Å². The molecule has 21 heavy (non-hydrogen) atoms. The lowest BCUT2D eigenvalue weighted by molar-refractivity contribution is -0.116. The van der Waals surface area contributed by atoms with Gasteiger partial charge in [-0.3, -0.25) is 9.78 Å². The number of carbonyl (C=O) groups excluding carboxylic acids is 1. The van der Waals surface area contributed by atoms with Crippen LogP contribution in [0.4, 0.5) is 0 Å². The molecule has 0 unspecified atom stereocenters. The maximum atomic E-state index is 11.8. The monoisotopic (exact) mass is 282 g/mol. The van der Waals surface area contributed by atoms with Gasteiger partial charge in [-0.05, 0) is 25.0 Å². The maximum absolute atomic E-state index is 11.8. The Morgan fingerprint density at radius 3 is 2.90 bits per heavy atom. The first-order valence-electron chi connectivity index (χ1n) is 7.13. The largest absolute Gasteiger partial charge is 0.396 e. The molecule has 108 valence electrons. The van der Waals surface area contributed by atoms with E-state index in [1.165, 1.54) is 6.08 Å². The van der Waals surface area contributed by atoms with Gasteiger partial charge in [-0.2, -0.15) is 0 Å². The molecule has 0 radical (unpaired) electrons. The van der Waals surface area contributed by atoms with Crippen LogP contribution in [0.3, 0.4) is 0 Å². The molecular formula is C17H18N2O2. The number of carbonyl (C=O) groups is 1. The minimum atomic E-state index is -0.136. The highest BCUT2D eigenvalue weighted by atomic mass is 16.3. The average molecular weight is 282 g/mol. The molecule has 1 saturated carbocycles. The molecule has 1 aliphatic rings. The van der Waals surface area contributed by atoms with Crippen LogP contribution in [0.2, 0.25) is 0 Å². The van der Waals surface area contributed by atoms with Crippen LogP contribution in [0.25, 0.3) is 17.0 Å². The number of rotatable bonds is 5. The van der Waals surface area contributed by atoms with E-state index in [1.807, 2.05) is 30.3 Å². The van der Waals surface area contributed by atoms with Gasteiger partial charge in [-0.1, -0.05) is 24.3 Å². The van der Waals surface area contributed by atoms with Gasteiger partial charge in [0.05, 0.1) is 12.1 Å². The van der Waals surface area contributed by atoms with Gasteiger partial charge in [0.15, 0.2) is 0 Å². The van der Waals surface area contributed by atoms with Crippen LogP contribution in [0.5, 0.6) is 0 Å². The molecule has 4 heteroatoms. The molecular weight excluding hydrogens is 264 g/mol. The SMILES string of the molecule is O=C(/C=C/c1cccc2cccnc12)NCC1(CO)CC1. The Hall–Kier alpha value is -2.20. The quantitative estimate of drug-likeness (QED) is 0.826. The van der Waals surface area contributed by atoms with Crippen molar-refractivity contribution in [3.05, 3.63) is 48.2 Å². The van der Waals surface area contributed by atoms with Crippen molar-refractivity contribution in [3.63, 3.8) is 0 Å². The first-order valence-corrected chi connectivity index (χ1v) is 7.13. The Morgan fingerprint density at radius 1 is 1.33 bits per heavy atom. The predicted octanol–water partition coefficient (Wildman–Crippen LogP) is 2.14. The van der Waals surface area contributed by atoms with E-state index < -0.39 is 0 Å². The summed E-state index contributed by atoms with van der Waals surface area (Å²) in [7, 11) is 0. The van der Waals surface area contributed by atoms with Gasteiger partial charge in [0, 0.05) is 35.2 Å². The van der Waals surface area contributed by atoms with E-state index in [1.54, 1.807) is 12.3 Å². The fraction of sp³-hybridized carbons (Fsp3) is 0.294. The standard InChI is InChI=1S/C17H18N2O2/c20-12-17(8-9-17)11-19-15(21)7-6-14-4-1-3-13-5-2-10-18-16(13)14/h1-7,10,20H,8-9,11-12H2,(H,19,21)/b7-6+. The summed E-state index contributed by atoms with van der Waals surface area (Å²) in [5.74, 6) is -0.136. The summed E-state index contributed by atoms with van der Waals surface area (Å²) in [5.41, 5.74) is 1.74. The molecule has 0 atom stereocenters. The zero-order valence-corrected chi connectivity index (χ0v) is 11.7. The van der Waals surface area contributed by atoms with E-state index in [4.69, 9.17) is 0 Å². The van der Waals surface area contributed by atoms with E-state index in [0.717, 1.165) is 29.3 Å². The first kappa shape index (κ1) is 13.8. The summed E-state index contributed by atoms with van der Waals surface area (Å²) in [6.07, 6.45) is 7.03. The summed E-state index contributed by atoms with van der Waals surface area (Å²) in [6, 6.07) is 9.78. The third kappa shape index (κ3) is 3.11. The highest BCUT2D eigenvalue weighted by Gasteiger charge is 2.41. The summed E-state index contributed by atoms with van der Waals surface area (Å²) in [4.78, 5) is 16.2. The number of benzene rings is 1. The molecule has 1 fully saturated rings. The Bertz CT molecular complexity index is 685. The minimum Gasteiger partial charge on any atom is -0.396 e. The second kappa shape index (κ2) is 5.66. The van der Waals surface area contributed by atoms with Gasteiger partial charge in [0.1, 0.15) is 0 Å². The number of hydrogen-bond acceptors (Lipinski definition) is 3. The van der Waals surface area contributed by atoms with Crippen molar-refractivity contribution in [1.82, 2.24) is 10.3 Å². The normalized spacial score (nSPS) is 16.2. The minimum absolute atomic E-state index is 0.0650. The molecule has 0 saturated heterocycles. The van der Waals surface area contributed by atoms with Crippen LogP contribution in [0.15, 0.2) is 42.6 Å². The van der Waals surface area contributed by atoms with Crippen LogP contribution >= 0.6 is 0 Å². The van der Waals surface area contributed by atoms with Gasteiger partial charge in [0.2, 0.25) is 5.91 Å². The number of amides is 1. The molecule has 0 bridgehead atoms. The summed E-state index contributed by atoms with van der Waals surface area (Å²) >= 11 is 0. The van der Waals surface area contributed by atoms with Gasteiger partial charge in [0.25, 0.3) is 0 Å². The fourth-order valence-corrected chi connectivity index (χ4v) is 2.33. The lowest BCUT2D eigenvalue weighted by Crippen LogP contribution is -2.30. The third-order valence-corrected chi connectivity index (χ3v) is 4.01. The van der Waals surface area contributed by atoms with Crippen molar-refractivity contribution >= 4 is 22.9 Å². The van der Waals surface area contributed by atoms with Crippen LogP contribution in [0.1, 0.15) is 18.4 Å². The van der Waals surface area contributed by atoms with Crippen LogP contribution < -0.4 is 5.32 Å². The number of hydrogen-bond donors (Lipinski definition) is 2. The van der Waals surface area contributed by atoms with Gasteiger partial charge >= 0.3 is 0 Å². The first-order chi connectivity index (χ1) is 10.2. The molecule has 4 nitrogen and oxygen atoms in total. The Balaban J connectivity index is 1.68. The molecule has 3 rings (SSSR count). The fourth-order valence-electron chi connectivity index (χ4n) is 2.33. The lowest BCUT2D eigenvalue weighted by Gasteiger charge is -2.11. The molecule has 1 aromatic heterocycles. The van der Waals surface area contributed by atoms with Gasteiger partial charge in [-0.15, -0.1) is 0 Å². The highest BCUT2D eigenvalue weighted by molar-refractivity contribution is 5.95. The number of pyridine rings is 1. The van der Waals surface area contributed by atoms with Crippen LogP contribution in [0, 0.1) is 5.41 Å². The van der Waals surface area contributed by atoms with E-state index in [-0.39, 0.29) is 17.9 Å². The summed E-state index contributed by atoms with van der Waals surface area (Å²) in [5, 5.41) is 13.1. The van der Waals surface area contributed by atoms with Crippen molar-refractivity contribution in [2.24, 2.45) is 5.41 Å². The second-order valence-electron chi connectivity index (χ2n) is 5.63. The number of aliphatic hydroxyl groups excluding tert-OH is 1. The van der Waals surface area contributed by atoms with E-state index in [2.05, 4.69) is 10.3 Å². The van der Waals surface area contributed by atoms with Crippen molar-refractivity contribution in [1.29, 1.82) is 0 Å². The molecule has 1 heterocycles. The molecule has 1 amide bonds. The van der Waals surface area contributed by atoms with Crippen LogP contribution in [-0.2, 0) is 4.79 Å². The van der Waals surface area contributed by atoms with Crippen molar-refractivity contribution in [2.45, 2.75) is 12.8 Å². The molecule has 1 aromatic carbocycles. The Kier molecular flexibility index (Phi) is 3.71. The number of nitrogens with one attached hydrogen (secondary N) is 1. The Morgan fingerprint density at radius 2 is 2.14 bits per heavy atom. The lowest BCUT2D eigenvalue weighted by atomic mass is 10.1. The molecule has 2 N–H and O–H groups in total. The summed E-state index contributed by atoms with van der Waals surface area (Å²) < 4.78 is 0. The van der Waals surface area contributed by atoms with E-state index in [0.29, 0.717) is 6.54 Å².